The van der Waals surface area contributed by atoms with Crippen LogP contribution in [0.4, 0.5) is 0 Å². The number of benzene rings is 2. The Morgan fingerprint density at radius 2 is 1.93 bits per heavy atom. The minimum absolute atomic E-state index is 0.120. The number of nitrogens with zero attached hydrogens (tertiary/aromatic N) is 4. The molecule has 4 aromatic rings. The Kier molecular flexibility index (Phi) is 4.28. The monoisotopic (exact) mass is 387 g/mol. The lowest BCUT2D eigenvalue weighted by Crippen LogP contribution is -2.25. The van der Waals surface area contributed by atoms with Crippen LogP contribution in [0.15, 0.2) is 60.9 Å². The molecule has 0 aliphatic carbocycles. The van der Waals surface area contributed by atoms with E-state index in [1.807, 2.05) is 42.6 Å². The van der Waals surface area contributed by atoms with E-state index in [4.69, 9.17) is 9.47 Å². The lowest BCUT2D eigenvalue weighted by Gasteiger charge is -2.07. The van der Waals surface area contributed by atoms with Crippen molar-refractivity contribution in [2.75, 3.05) is 13.3 Å². The van der Waals surface area contributed by atoms with E-state index in [9.17, 15) is 4.79 Å². The summed E-state index contributed by atoms with van der Waals surface area (Å²) in [4.78, 5) is 16.6. The maximum Gasteiger partial charge on any atom is 0.255 e. The van der Waals surface area contributed by atoms with Crippen LogP contribution in [0.25, 0.3) is 17.2 Å². The van der Waals surface area contributed by atoms with Crippen LogP contribution in [0.1, 0.15) is 15.9 Å². The molecular formula is C21H17N5O3. The molecule has 2 aromatic carbocycles. The van der Waals surface area contributed by atoms with Gasteiger partial charge >= 0.3 is 0 Å². The molecule has 8 heteroatoms. The van der Waals surface area contributed by atoms with Crippen molar-refractivity contribution in [2.45, 2.75) is 6.42 Å². The molecule has 0 fully saturated rings. The van der Waals surface area contributed by atoms with Gasteiger partial charge in [-0.3, -0.25) is 9.20 Å². The van der Waals surface area contributed by atoms with Crippen molar-refractivity contribution in [3.05, 3.63) is 72.1 Å². The third-order valence-electron chi connectivity index (χ3n) is 4.73. The van der Waals surface area contributed by atoms with Crippen molar-refractivity contribution in [3.63, 3.8) is 0 Å². The van der Waals surface area contributed by atoms with Crippen molar-refractivity contribution in [1.29, 1.82) is 0 Å². The van der Waals surface area contributed by atoms with Crippen molar-refractivity contribution >= 4 is 11.7 Å². The molecule has 0 radical (unpaired) electrons. The first-order valence-electron chi connectivity index (χ1n) is 9.21. The molecule has 0 unspecified atom stereocenters. The molecular weight excluding hydrogens is 370 g/mol. The van der Waals surface area contributed by atoms with E-state index in [1.54, 1.807) is 22.7 Å². The van der Waals surface area contributed by atoms with Gasteiger partial charge < -0.3 is 14.8 Å². The average Bonchev–Trinajstić information content (AvgIpc) is 3.40. The van der Waals surface area contributed by atoms with E-state index in [0.717, 1.165) is 22.6 Å². The highest BCUT2D eigenvalue weighted by molar-refractivity contribution is 5.94. The van der Waals surface area contributed by atoms with Crippen LogP contribution >= 0.6 is 0 Å². The third-order valence-corrected chi connectivity index (χ3v) is 4.73. The van der Waals surface area contributed by atoms with Gasteiger partial charge in [0, 0.05) is 30.1 Å². The minimum Gasteiger partial charge on any atom is -0.454 e. The number of amides is 1. The van der Waals surface area contributed by atoms with Gasteiger partial charge in [0.25, 0.3) is 11.7 Å². The van der Waals surface area contributed by atoms with Crippen LogP contribution in [0.3, 0.4) is 0 Å². The molecule has 0 bridgehead atoms. The van der Waals surface area contributed by atoms with E-state index in [-0.39, 0.29) is 12.7 Å². The number of ether oxygens (including phenoxy) is 2. The van der Waals surface area contributed by atoms with E-state index < -0.39 is 0 Å². The van der Waals surface area contributed by atoms with Gasteiger partial charge in [-0.05, 0) is 42.3 Å². The normalized spacial score (nSPS) is 12.3. The maximum atomic E-state index is 12.4. The van der Waals surface area contributed by atoms with Gasteiger partial charge in [-0.1, -0.05) is 18.2 Å². The highest BCUT2D eigenvalue weighted by Crippen LogP contribution is 2.32. The van der Waals surface area contributed by atoms with Crippen LogP contribution in [0.2, 0.25) is 0 Å². The standard InChI is InChI=1S/C21H17N5O3/c27-20(22-10-8-14-2-7-17-18(12-14)29-13-28-17)16-5-3-15(4-6-16)19-24-25-21-23-9-1-11-26(19)21/h1-7,9,11-12H,8,10,13H2,(H,22,27). The van der Waals surface area contributed by atoms with Gasteiger partial charge in [-0.15, -0.1) is 10.2 Å². The fourth-order valence-corrected chi connectivity index (χ4v) is 3.23. The number of hydrogen-bond donors (Lipinski definition) is 1. The summed E-state index contributed by atoms with van der Waals surface area (Å²) in [6.45, 7) is 0.785. The molecule has 2 aromatic heterocycles. The molecule has 3 heterocycles. The first-order chi connectivity index (χ1) is 14.3. The Hall–Kier alpha value is -3.94. The number of rotatable bonds is 5. The predicted octanol–water partition coefficient (Wildman–Crippen LogP) is 2.49. The summed E-state index contributed by atoms with van der Waals surface area (Å²) in [5, 5.41) is 11.2. The van der Waals surface area contributed by atoms with Crippen LogP contribution in [0, 0.1) is 0 Å². The van der Waals surface area contributed by atoms with Gasteiger partial charge in [0.2, 0.25) is 6.79 Å². The van der Waals surface area contributed by atoms with Crippen LogP contribution in [-0.4, -0.2) is 38.8 Å². The number of nitrogens with one attached hydrogen (secondary N) is 1. The molecule has 0 saturated heterocycles. The molecule has 1 aliphatic heterocycles. The number of aromatic nitrogens is 4. The molecule has 0 atom stereocenters. The molecule has 8 nitrogen and oxygen atoms in total. The third kappa shape index (κ3) is 3.36. The Bertz CT molecular complexity index is 1190. The lowest BCUT2D eigenvalue weighted by molar-refractivity contribution is 0.0954. The van der Waals surface area contributed by atoms with Crippen molar-refractivity contribution in [1.82, 2.24) is 24.9 Å². The summed E-state index contributed by atoms with van der Waals surface area (Å²) in [5.74, 6) is 2.61. The number of carbonyl (C=O) groups excluding carboxylic acids is 1. The summed E-state index contributed by atoms with van der Waals surface area (Å²) in [6, 6.07) is 14.9. The summed E-state index contributed by atoms with van der Waals surface area (Å²) in [5.41, 5.74) is 2.53. The summed E-state index contributed by atoms with van der Waals surface area (Å²) in [7, 11) is 0. The first-order valence-corrected chi connectivity index (χ1v) is 9.21. The topological polar surface area (TPSA) is 90.6 Å². The SMILES string of the molecule is O=C(NCCc1ccc2c(c1)OCO2)c1ccc(-c2nnc3ncccn23)cc1. The summed E-state index contributed by atoms with van der Waals surface area (Å²) in [6.07, 6.45) is 4.23. The quantitative estimate of drug-likeness (QED) is 0.566. The van der Waals surface area contributed by atoms with Gasteiger partial charge in [-0.2, -0.15) is 0 Å². The van der Waals surface area contributed by atoms with Gasteiger partial charge in [0.05, 0.1) is 0 Å². The average molecular weight is 387 g/mol. The first kappa shape index (κ1) is 17.2. The number of carbonyl (C=O) groups is 1. The number of fused-ring (bicyclic) bond motifs is 2. The molecule has 1 amide bonds. The molecule has 0 saturated carbocycles. The Morgan fingerprint density at radius 1 is 1.07 bits per heavy atom. The molecule has 1 aliphatic rings. The highest BCUT2D eigenvalue weighted by atomic mass is 16.7. The van der Waals surface area contributed by atoms with Crippen LogP contribution in [-0.2, 0) is 6.42 Å². The smallest absolute Gasteiger partial charge is 0.255 e. The molecule has 1 N–H and O–H groups in total. The fraction of sp³-hybridized carbons (Fsp3) is 0.143. The number of hydrogen-bond acceptors (Lipinski definition) is 6. The van der Waals surface area contributed by atoms with Gasteiger partial charge in [-0.25, -0.2) is 4.98 Å². The van der Waals surface area contributed by atoms with E-state index in [2.05, 4.69) is 20.5 Å². The zero-order valence-corrected chi connectivity index (χ0v) is 15.4. The largest absolute Gasteiger partial charge is 0.454 e. The lowest BCUT2D eigenvalue weighted by atomic mass is 10.1. The van der Waals surface area contributed by atoms with Crippen LogP contribution in [0.5, 0.6) is 11.5 Å². The van der Waals surface area contributed by atoms with Crippen molar-refractivity contribution < 1.29 is 14.3 Å². The van der Waals surface area contributed by atoms with Gasteiger partial charge in [0.1, 0.15) is 0 Å². The Balaban J connectivity index is 1.22. The van der Waals surface area contributed by atoms with Crippen molar-refractivity contribution in [2.24, 2.45) is 0 Å². The van der Waals surface area contributed by atoms with E-state index in [1.165, 1.54) is 0 Å². The Labute approximate surface area is 166 Å². The second-order valence-corrected chi connectivity index (χ2v) is 6.58. The molecule has 144 valence electrons. The minimum atomic E-state index is -0.120. The zero-order chi connectivity index (χ0) is 19.6. The predicted molar refractivity (Wildman–Crippen MR) is 105 cm³/mol. The molecule has 5 rings (SSSR count). The Morgan fingerprint density at radius 3 is 2.83 bits per heavy atom. The second-order valence-electron chi connectivity index (χ2n) is 6.58. The maximum absolute atomic E-state index is 12.4. The van der Waals surface area contributed by atoms with Gasteiger partial charge in [0.15, 0.2) is 17.3 Å². The van der Waals surface area contributed by atoms with Crippen LogP contribution < -0.4 is 14.8 Å². The van der Waals surface area contributed by atoms with E-state index >= 15 is 0 Å². The summed E-state index contributed by atoms with van der Waals surface area (Å²) >= 11 is 0. The second kappa shape index (κ2) is 7.23. The van der Waals surface area contributed by atoms with Crippen molar-refractivity contribution in [3.8, 4) is 22.9 Å². The van der Waals surface area contributed by atoms with E-state index in [0.29, 0.717) is 30.1 Å². The highest BCUT2D eigenvalue weighted by Gasteiger charge is 2.14. The summed E-state index contributed by atoms with van der Waals surface area (Å²) < 4.78 is 12.5. The fourth-order valence-electron chi connectivity index (χ4n) is 3.23. The molecule has 0 spiro atoms. The zero-order valence-electron chi connectivity index (χ0n) is 15.4. The molecule has 29 heavy (non-hydrogen) atoms.